The van der Waals surface area contributed by atoms with Crippen molar-refractivity contribution in [2.45, 2.75) is 53.1 Å². The standard InChI is InChI=1S/C18H25N3O/c1-5-17(6-2)19-18(22)16-9-7-15(8-10-16)12-21-14(4)11-13(3)20-21/h7-11,17H,5-6,12H2,1-4H3,(H,19,22). The zero-order chi connectivity index (χ0) is 16.1. The summed E-state index contributed by atoms with van der Waals surface area (Å²) in [5.41, 5.74) is 4.03. The quantitative estimate of drug-likeness (QED) is 0.888. The molecule has 1 amide bonds. The lowest BCUT2D eigenvalue weighted by Gasteiger charge is -2.14. The molecule has 1 aromatic heterocycles. The number of nitrogens with zero attached hydrogens (tertiary/aromatic N) is 2. The van der Waals surface area contributed by atoms with Gasteiger partial charge in [0.15, 0.2) is 0 Å². The number of aryl methyl sites for hydroxylation is 2. The van der Waals surface area contributed by atoms with E-state index in [2.05, 4.69) is 37.3 Å². The van der Waals surface area contributed by atoms with Crippen LogP contribution in [0.15, 0.2) is 30.3 Å². The van der Waals surface area contributed by atoms with E-state index in [-0.39, 0.29) is 11.9 Å². The Labute approximate surface area is 132 Å². The third-order valence-electron chi connectivity index (χ3n) is 3.97. The Bertz CT molecular complexity index is 624. The molecular weight excluding hydrogens is 274 g/mol. The van der Waals surface area contributed by atoms with Crippen LogP contribution in [0.4, 0.5) is 0 Å². The highest BCUT2D eigenvalue weighted by Crippen LogP contribution is 2.10. The second-order valence-electron chi connectivity index (χ2n) is 5.77. The first-order valence-corrected chi connectivity index (χ1v) is 7.94. The van der Waals surface area contributed by atoms with Crippen molar-refractivity contribution in [1.82, 2.24) is 15.1 Å². The van der Waals surface area contributed by atoms with Crippen molar-refractivity contribution in [1.29, 1.82) is 0 Å². The summed E-state index contributed by atoms with van der Waals surface area (Å²) in [5, 5.41) is 7.52. The van der Waals surface area contributed by atoms with Crippen LogP contribution in [0.3, 0.4) is 0 Å². The van der Waals surface area contributed by atoms with E-state index >= 15 is 0 Å². The fraction of sp³-hybridized carbons (Fsp3) is 0.444. The number of aromatic nitrogens is 2. The van der Waals surface area contributed by atoms with Crippen LogP contribution in [0.5, 0.6) is 0 Å². The number of carbonyl (C=O) groups excluding carboxylic acids is 1. The van der Waals surface area contributed by atoms with E-state index in [0.717, 1.165) is 36.3 Å². The van der Waals surface area contributed by atoms with Crippen molar-refractivity contribution < 1.29 is 4.79 Å². The van der Waals surface area contributed by atoms with Gasteiger partial charge < -0.3 is 5.32 Å². The van der Waals surface area contributed by atoms with Crippen LogP contribution in [0.25, 0.3) is 0 Å². The first-order chi connectivity index (χ1) is 10.5. The molecule has 0 radical (unpaired) electrons. The van der Waals surface area contributed by atoms with Gasteiger partial charge >= 0.3 is 0 Å². The van der Waals surface area contributed by atoms with Crippen molar-refractivity contribution in [2.75, 3.05) is 0 Å². The van der Waals surface area contributed by atoms with E-state index in [1.807, 2.05) is 35.9 Å². The summed E-state index contributed by atoms with van der Waals surface area (Å²) in [6.07, 6.45) is 1.91. The lowest BCUT2D eigenvalue weighted by atomic mass is 10.1. The van der Waals surface area contributed by atoms with Crippen molar-refractivity contribution in [3.8, 4) is 0 Å². The smallest absolute Gasteiger partial charge is 0.251 e. The molecule has 118 valence electrons. The van der Waals surface area contributed by atoms with E-state index < -0.39 is 0 Å². The van der Waals surface area contributed by atoms with E-state index in [4.69, 9.17) is 0 Å². The monoisotopic (exact) mass is 299 g/mol. The van der Waals surface area contributed by atoms with Gasteiger partial charge in [0.1, 0.15) is 0 Å². The maximum atomic E-state index is 12.2. The minimum Gasteiger partial charge on any atom is -0.349 e. The van der Waals surface area contributed by atoms with Crippen LogP contribution in [0, 0.1) is 13.8 Å². The van der Waals surface area contributed by atoms with Crippen LogP contribution in [-0.4, -0.2) is 21.7 Å². The average Bonchev–Trinajstić information content (AvgIpc) is 2.83. The molecule has 0 aliphatic rings. The normalized spacial score (nSPS) is 11.0. The minimum atomic E-state index is 0.00589. The molecule has 1 heterocycles. The lowest BCUT2D eigenvalue weighted by Crippen LogP contribution is -2.33. The van der Waals surface area contributed by atoms with Gasteiger partial charge in [-0.3, -0.25) is 9.48 Å². The topological polar surface area (TPSA) is 46.9 Å². The van der Waals surface area contributed by atoms with Gasteiger partial charge in [-0.15, -0.1) is 0 Å². The molecule has 4 nitrogen and oxygen atoms in total. The van der Waals surface area contributed by atoms with Crippen LogP contribution >= 0.6 is 0 Å². The molecule has 2 aromatic rings. The summed E-state index contributed by atoms with van der Waals surface area (Å²) in [6.45, 7) is 8.96. The molecule has 0 fully saturated rings. The van der Waals surface area contributed by atoms with Crippen molar-refractivity contribution in [3.63, 3.8) is 0 Å². The Balaban J connectivity index is 2.04. The van der Waals surface area contributed by atoms with Gasteiger partial charge in [0.05, 0.1) is 12.2 Å². The highest BCUT2D eigenvalue weighted by molar-refractivity contribution is 5.94. The maximum absolute atomic E-state index is 12.2. The molecule has 0 spiro atoms. The number of amides is 1. The van der Waals surface area contributed by atoms with Gasteiger partial charge in [0, 0.05) is 17.3 Å². The predicted molar refractivity (Wildman–Crippen MR) is 89.1 cm³/mol. The Morgan fingerprint density at radius 2 is 1.82 bits per heavy atom. The number of benzene rings is 1. The summed E-state index contributed by atoms with van der Waals surface area (Å²) in [4.78, 5) is 12.2. The van der Waals surface area contributed by atoms with E-state index in [9.17, 15) is 4.79 Å². The van der Waals surface area contributed by atoms with Crippen LogP contribution in [0.2, 0.25) is 0 Å². The minimum absolute atomic E-state index is 0.00589. The summed E-state index contributed by atoms with van der Waals surface area (Å²) in [7, 11) is 0. The largest absolute Gasteiger partial charge is 0.349 e. The summed E-state index contributed by atoms with van der Waals surface area (Å²) < 4.78 is 1.98. The number of carbonyl (C=O) groups is 1. The molecule has 1 N–H and O–H groups in total. The van der Waals surface area contributed by atoms with E-state index in [1.165, 1.54) is 0 Å². The zero-order valence-electron chi connectivity index (χ0n) is 13.9. The first kappa shape index (κ1) is 16.3. The fourth-order valence-electron chi connectivity index (χ4n) is 2.53. The number of nitrogens with one attached hydrogen (secondary N) is 1. The fourth-order valence-corrected chi connectivity index (χ4v) is 2.53. The molecule has 0 aliphatic carbocycles. The molecule has 0 atom stereocenters. The molecular formula is C18H25N3O. The third-order valence-corrected chi connectivity index (χ3v) is 3.97. The molecule has 2 rings (SSSR count). The molecule has 0 saturated heterocycles. The van der Waals surface area contributed by atoms with Gasteiger partial charge in [-0.05, 0) is 50.5 Å². The highest BCUT2D eigenvalue weighted by Gasteiger charge is 2.10. The van der Waals surface area contributed by atoms with Crippen LogP contribution < -0.4 is 5.32 Å². The van der Waals surface area contributed by atoms with Crippen molar-refractivity contribution in [3.05, 3.63) is 52.8 Å². The van der Waals surface area contributed by atoms with Gasteiger partial charge in [0.2, 0.25) is 0 Å². The Morgan fingerprint density at radius 3 is 2.32 bits per heavy atom. The Morgan fingerprint density at radius 1 is 1.18 bits per heavy atom. The Kier molecular flexibility index (Phi) is 5.36. The van der Waals surface area contributed by atoms with Gasteiger partial charge in [-0.25, -0.2) is 0 Å². The van der Waals surface area contributed by atoms with Gasteiger partial charge in [-0.2, -0.15) is 5.10 Å². The van der Waals surface area contributed by atoms with Crippen LogP contribution in [0.1, 0.15) is 54.0 Å². The molecule has 22 heavy (non-hydrogen) atoms. The summed E-state index contributed by atoms with van der Waals surface area (Å²) in [5.74, 6) is 0.00589. The maximum Gasteiger partial charge on any atom is 0.251 e. The SMILES string of the molecule is CCC(CC)NC(=O)c1ccc(Cn2nc(C)cc2C)cc1. The lowest BCUT2D eigenvalue weighted by molar-refractivity contribution is 0.0935. The second kappa shape index (κ2) is 7.25. The highest BCUT2D eigenvalue weighted by atomic mass is 16.1. The van der Waals surface area contributed by atoms with Crippen molar-refractivity contribution in [2.24, 2.45) is 0 Å². The second-order valence-corrected chi connectivity index (χ2v) is 5.77. The molecule has 1 aromatic carbocycles. The summed E-state index contributed by atoms with van der Waals surface area (Å²) >= 11 is 0. The number of hydrogen-bond acceptors (Lipinski definition) is 2. The Hall–Kier alpha value is -2.10. The summed E-state index contributed by atoms with van der Waals surface area (Å²) in [6, 6.07) is 10.1. The average molecular weight is 299 g/mol. The van der Waals surface area contributed by atoms with E-state index in [0.29, 0.717) is 5.56 Å². The number of hydrogen-bond donors (Lipinski definition) is 1. The third kappa shape index (κ3) is 3.97. The van der Waals surface area contributed by atoms with Gasteiger partial charge in [0.25, 0.3) is 5.91 Å². The molecule has 4 heteroatoms. The molecule has 0 aliphatic heterocycles. The van der Waals surface area contributed by atoms with Crippen LogP contribution in [-0.2, 0) is 6.54 Å². The molecule has 0 saturated carbocycles. The molecule has 0 unspecified atom stereocenters. The van der Waals surface area contributed by atoms with Gasteiger partial charge in [-0.1, -0.05) is 26.0 Å². The number of rotatable bonds is 6. The first-order valence-electron chi connectivity index (χ1n) is 7.94. The predicted octanol–water partition coefficient (Wildman–Crippen LogP) is 3.47. The molecule has 0 bridgehead atoms. The van der Waals surface area contributed by atoms with Crippen molar-refractivity contribution >= 4 is 5.91 Å². The zero-order valence-corrected chi connectivity index (χ0v) is 13.9. The van der Waals surface area contributed by atoms with E-state index in [1.54, 1.807) is 0 Å².